The van der Waals surface area contributed by atoms with Crippen LogP contribution in [-0.4, -0.2) is 27.8 Å². The van der Waals surface area contributed by atoms with Crippen molar-refractivity contribution in [2.45, 2.75) is 38.0 Å². The summed E-state index contributed by atoms with van der Waals surface area (Å²) in [7, 11) is 5.49. The Morgan fingerprint density at radius 1 is 1.00 bits per heavy atom. The molecule has 0 bridgehead atoms. The first kappa shape index (κ1) is 15.2. The molecule has 0 saturated heterocycles. The van der Waals surface area contributed by atoms with Gasteiger partial charge in [0.15, 0.2) is 0 Å². The van der Waals surface area contributed by atoms with Gasteiger partial charge in [-0.25, -0.2) is 0 Å². The van der Waals surface area contributed by atoms with Crippen LogP contribution in [0.1, 0.15) is 43.6 Å². The average molecular weight is 277 g/mol. The van der Waals surface area contributed by atoms with Gasteiger partial charge < -0.3 is 14.8 Å². The Hall–Kier alpha value is -1.22. The molecule has 0 radical (unpaired) electrons. The summed E-state index contributed by atoms with van der Waals surface area (Å²) in [6.45, 7) is 1.09. The van der Waals surface area contributed by atoms with Crippen LogP contribution in [0.15, 0.2) is 18.2 Å². The molecular weight excluding hydrogens is 250 g/mol. The highest BCUT2D eigenvalue weighted by molar-refractivity contribution is 5.40. The number of nitrogens with one attached hydrogen (secondary N) is 1. The molecule has 0 heterocycles. The highest BCUT2D eigenvalue weighted by Crippen LogP contribution is 2.39. The zero-order chi connectivity index (χ0) is 14.4. The second-order valence-electron chi connectivity index (χ2n) is 5.71. The molecule has 0 amide bonds. The molecule has 20 heavy (non-hydrogen) atoms. The summed E-state index contributed by atoms with van der Waals surface area (Å²) in [6.07, 6.45) is 6.61. The Morgan fingerprint density at radius 2 is 1.65 bits per heavy atom. The first-order valence-electron chi connectivity index (χ1n) is 7.66. The molecule has 1 aromatic carbocycles. The van der Waals surface area contributed by atoms with Gasteiger partial charge in [0.05, 0.1) is 14.2 Å². The number of ether oxygens (including phenoxy) is 2. The van der Waals surface area contributed by atoms with Crippen molar-refractivity contribution in [1.82, 2.24) is 5.32 Å². The molecule has 2 rings (SSSR count). The van der Waals surface area contributed by atoms with Crippen molar-refractivity contribution in [2.75, 3.05) is 27.8 Å². The summed E-state index contributed by atoms with van der Waals surface area (Å²) < 4.78 is 10.8. The third-order valence-corrected chi connectivity index (χ3v) is 4.43. The van der Waals surface area contributed by atoms with Crippen molar-refractivity contribution < 1.29 is 9.47 Å². The Morgan fingerprint density at radius 3 is 2.25 bits per heavy atom. The van der Waals surface area contributed by atoms with Crippen molar-refractivity contribution in [3.05, 3.63) is 23.8 Å². The second-order valence-corrected chi connectivity index (χ2v) is 5.71. The van der Waals surface area contributed by atoms with Crippen LogP contribution in [0.4, 0.5) is 0 Å². The van der Waals surface area contributed by atoms with Crippen LogP contribution in [0.3, 0.4) is 0 Å². The van der Waals surface area contributed by atoms with E-state index < -0.39 is 0 Å². The van der Waals surface area contributed by atoms with Gasteiger partial charge >= 0.3 is 0 Å². The number of benzene rings is 1. The van der Waals surface area contributed by atoms with Gasteiger partial charge in [0.1, 0.15) is 11.5 Å². The molecule has 0 aromatic heterocycles. The first-order valence-corrected chi connectivity index (χ1v) is 7.66. The van der Waals surface area contributed by atoms with E-state index in [-0.39, 0.29) is 0 Å². The molecule has 0 aliphatic heterocycles. The van der Waals surface area contributed by atoms with E-state index >= 15 is 0 Å². The zero-order valence-corrected chi connectivity index (χ0v) is 12.9. The Bertz CT molecular complexity index is 397. The van der Waals surface area contributed by atoms with E-state index in [1.54, 1.807) is 14.2 Å². The van der Waals surface area contributed by atoms with Gasteiger partial charge in [-0.2, -0.15) is 0 Å². The Kier molecular flexibility index (Phi) is 5.72. The minimum atomic E-state index is 0.606. The molecule has 1 aromatic rings. The standard InChI is InChI=1S/C17H27NO2/c1-18-12-13-7-5-4-6-8-17(13)14-9-15(19-2)11-16(10-14)20-3/h9-11,13,17-18H,4-8,12H2,1-3H3. The molecule has 1 aliphatic carbocycles. The van der Waals surface area contributed by atoms with Crippen LogP contribution in [0.25, 0.3) is 0 Å². The Balaban J connectivity index is 2.29. The van der Waals surface area contributed by atoms with Crippen molar-refractivity contribution in [3.8, 4) is 11.5 Å². The smallest absolute Gasteiger partial charge is 0.122 e. The lowest BCUT2D eigenvalue weighted by Gasteiger charge is -2.26. The van der Waals surface area contributed by atoms with E-state index in [2.05, 4.69) is 17.4 Å². The maximum Gasteiger partial charge on any atom is 0.122 e. The van der Waals surface area contributed by atoms with E-state index in [0.717, 1.165) is 18.0 Å². The van der Waals surface area contributed by atoms with E-state index in [9.17, 15) is 0 Å². The zero-order valence-electron chi connectivity index (χ0n) is 12.9. The van der Waals surface area contributed by atoms with Crippen molar-refractivity contribution in [1.29, 1.82) is 0 Å². The molecule has 1 aliphatic rings. The molecule has 3 nitrogen and oxygen atoms in total. The third-order valence-electron chi connectivity index (χ3n) is 4.43. The summed E-state index contributed by atoms with van der Waals surface area (Å²) in [5, 5.41) is 3.36. The fourth-order valence-corrected chi connectivity index (χ4v) is 3.37. The summed E-state index contributed by atoms with van der Waals surface area (Å²) in [4.78, 5) is 0. The fourth-order valence-electron chi connectivity index (χ4n) is 3.37. The van der Waals surface area contributed by atoms with E-state index in [4.69, 9.17) is 9.47 Å². The average Bonchev–Trinajstić information content (AvgIpc) is 2.72. The number of hydrogen-bond donors (Lipinski definition) is 1. The summed E-state index contributed by atoms with van der Waals surface area (Å²) in [5.41, 5.74) is 1.36. The minimum Gasteiger partial charge on any atom is -0.497 e. The topological polar surface area (TPSA) is 30.5 Å². The number of methoxy groups -OCH3 is 2. The summed E-state index contributed by atoms with van der Waals surface area (Å²) in [6, 6.07) is 6.32. The molecular formula is C17H27NO2. The van der Waals surface area contributed by atoms with E-state index in [0.29, 0.717) is 11.8 Å². The van der Waals surface area contributed by atoms with Gasteiger partial charge in [0.2, 0.25) is 0 Å². The van der Waals surface area contributed by atoms with Gasteiger partial charge in [0.25, 0.3) is 0 Å². The van der Waals surface area contributed by atoms with Crippen molar-refractivity contribution >= 4 is 0 Å². The molecule has 1 fully saturated rings. The third kappa shape index (κ3) is 3.66. The lowest BCUT2D eigenvalue weighted by atomic mass is 9.82. The monoisotopic (exact) mass is 277 g/mol. The van der Waals surface area contributed by atoms with E-state index in [1.807, 2.05) is 13.1 Å². The molecule has 0 spiro atoms. The SMILES string of the molecule is CNCC1CCCCCC1c1cc(OC)cc(OC)c1. The number of rotatable bonds is 5. The maximum atomic E-state index is 5.42. The lowest BCUT2D eigenvalue weighted by molar-refractivity contribution is 0.373. The molecule has 2 unspecified atom stereocenters. The highest BCUT2D eigenvalue weighted by atomic mass is 16.5. The molecule has 2 atom stereocenters. The summed E-state index contributed by atoms with van der Waals surface area (Å²) >= 11 is 0. The number of hydrogen-bond acceptors (Lipinski definition) is 3. The largest absolute Gasteiger partial charge is 0.497 e. The maximum absolute atomic E-state index is 5.42. The van der Waals surface area contributed by atoms with Crippen molar-refractivity contribution in [3.63, 3.8) is 0 Å². The van der Waals surface area contributed by atoms with Gasteiger partial charge in [-0.3, -0.25) is 0 Å². The van der Waals surface area contributed by atoms with Crippen LogP contribution in [0.5, 0.6) is 11.5 Å². The van der Waals surface area contributed by atoms with Crippen LogP contribution < -0.4 is 14.8 Å². The highest BCUT2D eigenvalue weighted by Gasteiger charge is 2.25. The predicted molar refractivity (Wildman–Crippen MR) is 82.8 cm³/mol. The molecule has 1 N–H and O–H groups in total. The van der Waals surface area contributed by atoms with Crippen LogP contribution in [-0.2, 0) is 0 Å². The molecule has 3 heteroatoms. The van der Waals surface area contributed by atoms with Gasteiger partial charge in [0, 0.05) is 6.07 Å². The predicted octanol–water partition coefficient (Wildman–Crippen LogP) is 3.59. The van der Waals surface area contributed by atoms with Crippen LogP contribution in [0.2, 0.25) is 0 Å². The van der Waals surface area contributed by atoms with E-state index in [1.165, 1.54) is 37.7 Å². The Labute approximate surface area is 122 Å². The summed E-state index contributed by atoms with van der Waals surface area (Å²) in [5.74, 6) is 3.10. The first-order chi connectivity index (χ1) is 9.78. The minimum absolute atomic E-state index is 0.606. The normalized spacial score (nSPS) is 23.1. The van der Waals surface area contributed by atoms with Crippen molar-refractivity contribution in [2.24, 2.45) is 5.92 Å². The molecule has 112 valence electrons. The van der Waals surface area contributed by atoms with Gasteiger partial charge in [-0.1, -0.05) is 19.3 Å². The quantitative estimate of drug-likeness (QED) is 0.834. The van der Waals surface area contributed by atoms with Gasteiger partial charge in [-0.15, -0.1) is 0 Å². The van der Waals surface area contributed by atoms with Gasteiger partial charge in [-0.05, 0) is 56.0 Å². The molecule has 1 saturated carbocycles. The van der Waals surface area contributed by atoms with Crippen LogP contribution >= 0.6 is 0 Å². The van der Waals surface area contributed by atoms with Crippen LogP contribution in [0, 0.1) is 5.92 Å². The fraction of sp³-hybridized carbons (Fsp3) is 0.647. The second kappa shape index (κ2) is 7.53. The lowest BCUT2D eigenvalue weighted by Crippen LogP contribution is -2.24.